The SMILES string of the molecule is CC(=O)NC1(c2noc(CCC(=O)N(C)C(C)c3ccc(-n4cncn4)cc3)n2)CCCCCC1. The topological polar surface area (TPSA) is 119 Å². The highest BCUT2D eigenvalue weighted by Crippen LogP contribution is 2.34. The summed E-state index contributed by atoms with van der Waals surface area (Å²) < 4.78 is 7.18. The molecule has 4 rings (SSSR count). The number of benzene rings is 1. The first-order valence-electron chi connectivity index (χ1n) is 12.2. The molecule has 0 bridgehead atoms. The van der Waals surface area contributed by atoms with E-state index in [9.17, 15) is 9.59 Å². The summed E-state index contributed by atoms with van der Waals surface area (Å²) in [5.74, 6) is 0.828. The largest absolute Gasteiger partial charge is 0.343 e. The first kappa shape index (κ1) is 24.6. The highest BCUT2D eigenvalue weighted by molar-refractivity contribution is 5.76. The van der Waals surface area contributed by atoms with Gasteiger partial charge in [-0.05, 0) is 37.5 Å². The van der Waals surface area contributed by atoms with Crippen molar-refractivity contribution in [3.8, 4) is 5.69 Å². The van der Waals surface area contributed by atoms with E-state index in [2.05, 4.69) is 25.5 Å². The number of aryl methyl sites for hydroxylation is 1. The van der Waals surface area contributed by atoms with E-state index in [1.165, 1.54) is 13.3 Å². The zero-order valence-electron chi connectivity index (χ0n) is 20.6. The Bertz CT molecular complexity index is 1120. The summed E-state index contributed by atoms with van der Waals surface area (Å²) in [6.45, 7) is 3.52. The Kier molecular flexibility index (Phi) is 7.57. The van der Waals surface area contributed by atoms with Crippen LogP contribution in [0.1, 0.15) is 82.1 Å². The number of nitrogens with one attached hydrogen (secondary N) is 1. The normalized spacial score (nSPS) is 16.3. The molecule has 186 valence electrons. The van der Waals surface area contributed by atoms with Gasteiger partial charge in [-0.25, -0.2) is 9.67 Å². The van der Waals surface area contributed by atoms with Crippen molar-refractivity contribution in [2.45, 2.75) is 76.8 Å². The highest BCUT2D eigenvalue weighted by atomic mass is 16.5. The van der Waals surface area contributed by atoms with E-state index in [1.807, 2.05) is 31.2 Å². The molecule has 0 radical (unpaired) electrons. The number of carbonyl (C=O) groups excluding carboxylic acids is 2. The van der Waals surface area contributed by atoms with Crippen LogP contribution in [0, 0.1) is 0 Å². The molecule has 10 heteroatoms. The molecule has 1 aromatic carbocycles. The van der Waals surface area contributed by atoms with E-state index >= 15 is 0 Å². The standard InChI is InChI=1S/C25H33N7O3/c1-18(20-8-10-21(11-9-20)32-17-26-16-27-32)31(3)23(34)13-12-22-28-24(30-35-22)25(29-19(2)33)14-6-4-5-7-15-25/h8-11,16-18H,4-7,12-15H2,1-3H3,(H,29,33). The fraction of sp³-hybridized carbons (Fsp3) is 0.520. The maximum atomic E-state index is 12.9. The molecule has 1 saturated carbocycles. The van der Waals surface area contributed by atoms with Crippen molar-refractivity contribution < 1.29 is 14.1 Å². The molecule has 1 aliphatic rings. The van der Waals surface area contributed by atoms with Gasteiger partial charge in [0.2, 0.25) is 17.7 Å². The van der Waals surface area contributed by atoms with Gasteiger partial charge in [-0.1, -0.05) is 43.0 Å². The van der Waals surface area contributed by atoms with E-state index in [0.717, 1.165) is 49.8 Å². The third-order valence-corrected chi connectivity index (χ3v) is 6.85. The number of aromatic nitrogens is 5. The Morgan fingerprint density at radius 3 is 2.51 bits per heavy atom. The first-order valence-corrected chi connectivity index (χ1v) is 12.2. The molecular weight excluding hydrogens is 446 g/mol. The van der Waals surface area contributed by atoms with Gasteiger partial charge in [0.15, 0.2) is 5.82 Å². The number of hydrogen-bond acceptors (Lipinski definition) is 7. The van der Waals surface area contributed by atoms with Crippen molar-refractivity contribution in [1.82, 2.24) is 35.1 Å². The predicted molar refractivity (Wildman–Crippen MR) is 128 cm³/mol. The zero-order chi connectivity index (χ0) is 24.8. The van der Waals surface area contributed by atoms with Gasteiger partial charge in [0.25, 0.3) is 0 Å². The third kappa shape index (κ3) is 5.75. The van der Waals surface area contributed by atoms with Gasteiger partial charge in [0.05, 0.1) is 11.7 Å². The maximum absolute atomic E-state index is 12.9. The second kappa shape index (κ2) is 10.8. The number of carbonyl (C=O) groups is 2. The number of rotatable bonds is 8. The quantitative estimate of drug-likeness (QED) is 0.491. The summed E-state index contributed by atoms with van der Waals surface area (Å²) >= 11 is 0. The number of hydrogen-bond donors (Lipinski definition) is 1. The minimum absolute atomic E-state index is 0.0105. The second-order valence-corrected chi connectivity index (χ2v) is 9.30. The third-order valence-electron chi connectivity index (χ3n) is 6.85. The van der Waals surface area contributed by atoms with Gasteiger partial charge >= 0.3 is 0 Å². The van der Waals surface area contributed by atoms with Crippen molar-refractivity contribution in [1.29, 1.82) is 0 Å². The summed E-state index contributed by atoms with van der Waals surface area (Å²) in [6.07, 6.45) is 9.60. The summed E-state index contributed by atoms with van der Waals surface area (Å²) in [5.41, 5.74) is 1.35. The van der Waals surface area contributed by atoms with Gasteiger partial charge in [0.1, 0.15) is 18.2 Å². The van der Waals surface area contributed by atoms with Crippen molar-refractivity contribution >= 4 is 11.8 Å². The van der Waals surface area contributed by atoms with Crippen molar-refractivity contribution in [3.63, 3.8) is 0 Å². The second-order valence-electron chi connectivity index (χ2n) is 9.30. The monoisotopic (exact) mass is 479 g/mol. The van der Waals surface area contributed by atoms with E-state index in [4.69, 9.17) is 4.52 Å². The van der Waals surface area contributed by atoms with Crippen molar-refractivity contribution in [2.75, 3.05) is 7.05 Å². The fourth-order valence-corrected chi connectivity index (χ4v) is 4.70. The van der Waals surface area contributed by atoms with Crippen LogP contribution < -0.4 is 5.32 Å². The summed E-state index contributed by atoms with van der Waals surface area (Å²) in [7, 11) is 1.80. The molecule has 0 aliphatic heterocycles. The van der Waals surface area contributed by atoms with Crippen LogP contribution in [-0.4, -0.2) is 48.7 Å². The zero-order valence-corrected chi connectivity index (χ0v) is 20.6. The first-order chi connectivity index (χ1) is 16.9. The van der Waals surface area contributed by atoms with Crippen LogP contribution in [0.2, 0.25) is 0 Å². The van der Waals surface area contributed by atoms with Gasteiger partial charge < -0.3 is 14.7 Å². The molecule has 3 aromatic rings. The Morgan fingerprint density at radius 1 is 1.17 bits per heavy atom. The van der Waals surface area contributed by atoms with Crippen molar-refractivity contribution in [2.24, 2.45) is 0 Å². The van der Waals surface area contributed by atoms with Crippen LogP contribution in [0.4, 0.5) is 0 Å². The van der Waals surface area contributed by atoms with Crippen LogP contribution in [0.3, 0.4) is 0 Å². The Balaban J connectivity index is 1.37. The van der Waals surface area contributed by atoms with E-state index in [-0.39, 0.29) is 24.3 Å². The lowest BCUT2D eigenvalue weighted by Gasteiger charge is -2.30. The molecule has 1 aliphatic carbocycles. The van der Waals surface area contributed by atoms with Gasteiger partial charge in [0, 0.05) is 26.8 Å². The van der Waals surface area contributed by atoms with Crippen LogP contribution in [0.15, 0.2) is 41.4 Å². The van der Waals surface area contributed by atoms with Crippen LogP contribution in [0.5, 0.6) is 0 Å². The molecule has 2 aromatic heterocycles. The Morgan fingerprint density at radius 2 is 1.89 bits per heavy atom. The summed E-state index contributed by atoms with van der Waals surface area (Å²) in [6, 6.07) is 7.79. The Hall–Kier alpha value is -3.56. The average Bonchev–Trinajstić information content (AvgIpc) is 3.51. The smallest absolute Gasteiger partial charge is 0.227 e. The van der Waals surface area contributed by atoms with Crippen molar-refractivity contribution in [3.05, 3.63) is 54.2 Å². The molecule has 1 fully saturated rings. The van der Waals surface area contributed by atoms with Gasteiger partial charge in [-0.3, -0.25) is 9.59 Å². The molecule has 2 amide bonds. The molecular formula is C25H33N7O3. The lowest BCUT2D eigenvalue weighted by atomic mass is 9.89. The van der Waals surface area contributed by atoms with Crippen LogP contribution >= 0.6 is 0 Å². The van der Waals surface area contributed by atoms with Gasteiger partial charge in [-0.15, -0.1) is 0 Å². The molecule has 2 heterocycles. The number of amides is 2. The van der Waals surface area contributed by atoms with E-state index in [0.29, 0.717) is 18.1 Å². The van der Waals surface area contributed by atoms with Crippen LogP contribution in [0.25, 0.3) is 5.69 Å². The molecule has 1 atom stereocenters. The summed E-state index contributed by atoms with van der Waals surface area (Å²) in [4.78, 5) is 35.1. The Labute approximate surface area is 205 Å². The lowest BCUT2D eigenvalue weighted by molar-refractivity contribution is -0.131. The maximum Gasteiger partial charge on any atom is 0.227 e. The predicted octanol–water partition coefficient (Wildman–Crippen LogP) is 3.49. The van der Waals surface area contributed by atoms with Gasteiger partial charge in [-0.2, -0.15) is 10.1 Å². The lowest BCUT2D eigenvalue weighted by Crippen LogP contribution is -2.45. The van der Waals surface area contributed by atoms with Crippen LogP contribution in [-0.2, 0) is 21.5 Å². The summed E-state index contributed by atoms with van der Waals surface area (Å²) in [5, 5.41) is 11.4. The average molecular weight is 480 g/mol. The molecule has 1 unspecified atom stereocenters. The molecule has 35 heavy (non-hydrogen) atoms. The van der Waals surface area contributed by atoms with E-state index in [1.54, 1.807) is 23.0 Å². The highest BCUT2D eigenvalue weighted by Gasteiger charge is 2.38. The van der Waals surface area contributed by atoms with E-state index < -0.39 is 5.54 Å². The minimum atomic E-state index is -0.586. The molecule has 10 nitrogen and oxygen atoms in total. The molecule has 0 spiro atoms. The number of nitrogens with zero attached hydrogens (tertiary/aromatic N) is 6. The molecule has 0 saturated heterocycles. The molecule has 1 N–H and O–H groups in total. The fourth-order valence-electron chi connectivity index (χ4n) is 4.70. The minimum Gasteiger partial charge on any atom is -0.343 e.